The average molecular weight is 218 g/mol. The van der Waals surface area contributed by atoms with Crippen LogP contribution in [-0.4, -0.2) is 21.5 Å². The minimum Gasteiger partial charge on any atom is -0.370 e. The van der Waals surface area contributed by atoms with Crippen LogP contribution in [0.5, 0.6) is 0 Å². The van der Waals surface area contributed by atoms with Gasteiger partial charge in [-0.3, -0.25) is 0 Å². The smallest absolute Gasteiger partial charge is 0.143 e. The maximum atomic E-state index is 4.59. The van der Waals surface area contributed by atoms with Crippen molar-refractivity contribution >= 4 is 16.9 Å². The summed E-state index contributed by atoms with van der Waals surface area (Å²) in [6.45, 7) is 7.25. The predicted molar refractivity (Wildman–Crippen MR) is 66.8 cm³/mol. The molecule has 2 aromatic rings. The Labute approximate surface area is 95.5 Å². The molecule has 0 aliphatic heterocycles. The third-order valence-corrected chi connectivity index (χ3v) is 2.83. The molecule has 2 heterocycles. The molecule has 0 saturated carbocycles. The molecule has 0 fully saturated rings. The number of nitrogens with zero attached hydrogens (tertiary/aromatic N) is 2. The van der Waals surface area contributed by atoms with Crippen LogP contribution >= 0.6 is 0 Å². The molecule has 0 amide bonds. The normalized spacial score (nSPS) is 12.9. The first-order valence-corrected chi connectivity index (χ1v) is 5.85. The molecular weight excluding hydrogens is 200 g/mol. The Morgan fingerprint density at radius 2 is 2.19 bits per heavy atom. The van der Waals surface area contributed by atoms with E-state index >= 15 is 0 Å². The molecule has 2 aromatic heterocycles. The monoisotopic (exact) mass is 218 g/mol. The molecule has 4 nitrogen and oxygen atoms in total. The lowest BCUT2D eigenvalue weighted by molar-refractivity contribution is 0.683. The van der Waals surface area contributed by atoms with Crippen LogP contribution in [0.1, 0.15) is 38.9 Å². The Kier molecular flexibility index (Phi) is 3.08. The fourth-order valence-corrected chi connectivity index (χ4v) is 1.66. The van der Waals surface area contributed by atoms with Crippen molar-refractivity contribution in [3.05, 3.63) is 18.1 Å². The van der Waals surface area contributed by atoms with Gasteiger partial charge in [-0.05, 0) is 19.4 Å². The van der Waals surface area contributed by atoms with Crippen molar-refractivity contribution in [1.82, 2.24) is 15.0 Å². The predicted octanol–water partition coefficient (Wildman–Crippen LogP) is 2.90. The second-order valence-electron chi connectivity index (χ2n) is 4.01. The topological polar surface area (TPSA) is 53.6 Å². The number of hydrogen-bond acceptors (Lipinski definition) is 3. The summed E-state index contributed by atoms with van der Waals surface area (Å²) in [5, 5.41) is 4.35. The van der Waals surface area contributed by atoms with Gasteiger partial charge in [0.1, 0.15) is 17.3 Å². The van der Waals surface area contributed by atoms with Gasteiger partial charge in [-0.1, -0.05) is 13.8 Å². The van der Waals surface area contributed by atoms with E-state index in [2.05, 4.69) is 41.0 Å². The quantitative estimate of drug-likeness (QED) is 0.829. The molecule has 2 N–H and O–H groups in total. The van der Waals surface area contributed by atoms with Gasteiger partial charge in [-0.25, -0.2) is 9.97 Å². The van der Waals surface area contributed by atoms with Crippen LogP contribution < -0.4 is 5.32 Å². The maximum Gasteiger partial charge on any atom is 0.143 e. The van der Waals surface area contributed by atoms with Gasteiger partial charge in [-0.2, -0.15) is 0 Å². The van der Waals surface area contributed by atoms with Crippen LogP contribution in [0.15, 0.2) is 12.3 Å². The second kappa shape index (κ2) is 4.51. The van der Waals surface area contributed by atoms with Crippen LogP contribution in [0.2, 0.25) is 0 Å². The Morgan fingerprint density at radius 1 is 1.38 bits per heavy atom. The molecule has 0 spiro atoms. The zero-order chi connectivity index (χ0) is 11.5. The minimum absolute atomic E-state index is 0.394. The Hall–Kier alpha value is -1.58. The van der Waals surface area contributed by atoms with Gasteiger partial charge < -0.3 is 10.3 Å². The molecular formula is C12H18N4. The molecule has 0 aliphatic carbocycles. The van der Waals surface area contributed by atoms with Crippen LogP contribution in [0.3, 0.4) is 0 Å². The Morgan fingerprint density at radius 3 is 2.88 bits per heavy atom. The molecule has 4 heteroatoms. The summed E-state index contributed by atoms with van der Waals surface area (Å²) in [5.41, 5.74) is 0.918. The third kappa shape index (κ3) is 1.87. The zero-order valence-corrected chi connectivity index (χ0v) is 10.0. The highest BCUT2D eigenvalue weighted by Crippen LogP contribution is 2.23. The number of aromatic amines is 1. The summed E-state index contributed by atoms with van der Waals surface area (Å²) >= 11 is 0. The number of rotatable bonds is 4. The molecule has 0 bridgehead atoms. The van der Waals surface area contributed by atoms with E-state index in [-0.39, 0.29) is 0 Å². The number of anilines is 1. The van der Waals surface area contributed by atoms with Gasteiger partial charge in [-0.15, -0.1) is 0 Å². The maximum absolute atomic E-state index is 4.59. The van der Waals surface area contributed by atoms with Crippen molar-refractivity contribution in [3.63, 3.8) is 0 Å². The average Bonchev–Trinajstić information content (AvgIpc) is 2.76. The van der Waals surface area contributed by atoms with Crippen molar-refractivity contribution < 1.29 is 0 Å². The first-order valence-electron chi connectivity index (χ1n) is 5.85. The van der Waals surface area contributed by atoms with Gasteiger partial charge in [0.05, 0.1) is 5.39 Å². The SMILES string of the molecule is CCNc1nc(C(C)CC)nc2[nH]ccc12. The van der Waals surface area contributed by atoms with E-state index in [1.807, 2.05) is 12.3 Å². The molecule has 16 heavy (non-hydrogen) atoms. The lowest BCUT2D eigenvalue weighted by atomic mass is 10.1. The summed E-state index contributed by atoms with van der Waals surface area (Å²) in [6.07, 6.45) is 2.96. The summed E-state index contributed by atoms with van der Waals surface area (Å²) in [6, 6.07) is 2.01. The first kappa shape index (κ1) is 10.9. The summed E-state index contributed by atoms with van der Waals surface area (Å²) in [4.78, 5) is 12.3. The standard InChI is InChI=1S/C12H18N4/c1-4-8(3)10-15-11(13-5-2)9-6-7-14-12(9)16-10/h6-8H,4-5H2,1-3H3,(H2,13,14,15,16). The molecule has 0 saturated heterocycles. The van der Waals surface area contributed by atoms with Crippen molar-refractivity contribution in [2.24, 2.45) is 0 Å². The highest BCUT2D eigenvalue weighted by atomic mass is 15.1. The van der Waals surface area contributed by atoms with Crippen LogP contribution in [0.4, 0.5) is 5.82 Å². The van der Waals surface area contributed by atoms with Crippen molar-refractivity contribution in [3.8, 4) is 0 Å². The highest BCUT2D eigenvalue weighted by Gasteiger charge is 2.11. The van der Waals surface area contributed by atoms with Crippen molar-refractivity contribution in [2.45, 2.75) is 33.1 Å². The first-order chi connectivity index (χ1) is 7.76. The van der Waals surface area contributed by atoms with Gasteiger partial charge in [0.15, 0.2) is 0 Å². The lowest BCUT2D eigenvalue weighted by Gasteiger charge is -2.10. The number of H-pyrrole nitrogens is 1. The van der Waals surface area contributed by atoms with E-state index < -0.39 is 0 Å². The molecule has 1 unspecified atom stereocenters. The lowest BCUT2D eigenvalue weighted by Crippen LogP contribution is -2.06. The van der Waals surface area contributed by atoms with Gasteiger partial charge in [0.2, 0.25) is 0 Å². The summed E-state index contributed by atoms with van der Waals surface area (Å²) in [5.74, 6) is 2.24. The second-order valence-corrected chi connectivity index (χ2v) is 4.01. The van der Waals surface area contributed by atoms with Crippen LogP contribution in [-0.2, 0) is 0 Å². The molecule has 0 radical (unpaired) electrons. The van der Waals surface area contributed by atoms with Gasteiger partial charge in [0.25, 0.3) is 0 Å². The molecule has 2 rings (SSSR count). The number of aromatic nitrogens is 3. The Balaban J connectivity index is 2.52. The van der Waals surface area contributed by atoms with E-state index in [1.54, 1.807) is 0 Å². The largest absolute Gasteiger partial charge is 0.370 e. The Bertz CT molecular complexity index is 475. The minimum atomic E-state index is 0.394. The number of fused-ring (bicyclic) bond motifs is 1. The van der Waals surface area contributed by atoms with E-state index in [9.17, 15) is 0 Å². The van der Waals surface area contributed by atoms with Crippen molar-refractivity contribution in [1.29, 1.82) is 0 Å². The number of hydrogen-bond donors (Lipinski definition) is 2. The van der Waals surface area contributed by atoms with Gasteiger partial charge >= 0.3 is 0 Å². The van der Waals surface area contributed by atoms with E-state index in [4.69, 9.17) is 0 Å². The van der Waals surface area contributed by atoms with Crippen molar-refractivity contribution in [2.75, 3.05) is 11.9 Å². The van der Waals surface area contributed by atoms with Crippen LogP contribution in [0.25, 0.3) is 11.0 Å². The molecule has 1 atom stereocenters. The summed E-state index contributed by atoms with van der Waals surface area (Å²) < 4.78 is 0. The van der Waals surface area contributed by atoms with E-state index in [1.165, 1.54) is 0 Å². The van der Waals surface area contributed by atoms with Gasteiger partial charge in [0, 0.05) is 18.7 Å². The molecule has 86 valence electrons. The van der Waals surface area contributed by atoms with E-state index in [0.717, 1.165) is 35.6 Å². The molecule has 0 aliphatic rings. The van der Waals surface area contributed by atoms with Crippen LogP contribution in [0, 0.1) is 0 Å². The number of nitrogens with one attached hydrogen (secondary N) is 2. The fourth-order valence-electron chi connectivity index (χ4n) is 1.66. The molecule has 0 aromatic carbocycles. The zero-order valence-electron chi connectivity index (χ0n) is 10.0. The highest BCUT2D eigenvalue weighted by molar-refractivity contribution is 5.86. The van der Waals surface area contributed by atoms with E-state index in [0.29, 0.717) is 5.92 Å². The fraction of sp³-hybridized carbons (Fsp3) is 0.500. The third-order valence-electron chi connectivity index (χ3n) is 2.83. The summed E-state index contributed by atoms with van der Waals surface area (Å²) in [7, 11) is 0.